The molecule has 1 aromatic carbocycles. The van der Waals surface area contributed by atoms with Crippen LogP contribution in [-0.2, 0) is 11.3 Å². The Morgan fingerprint density at radius 2 is 1.97 bits per heavy atom. The van der Waals surface area contributed by atoms with E-state index < -0.39 is 6.04 Å². The lowest BCUT2D eigenvalue weighted by atomic mass is 9.90. The van der Waals surface area contributed by atoms with Crippen molar-refractivity contribution in [2.24, 2.45) is 0 Å². The number of fused-ring (bicyclic) bond motifs is 1. The predicted octanol–water partition coefficient (Wildman–Crippen LogP) is 4.41. The maximum Gasteiger partial charge on any atom is 0.146 e. The van der Waals surface area contributed by atoms with Crippen molar-refractivity contribution in [1.82, 2.24) is 30.4 Å². The number of pyridine rings is 2. The van der Waals surface area contributed by atoms with Crippen LogP contribution in [0.5, 0.6) is 0 Å². The SMILES string of the molecule is O=CC1NC=Cc2cc(-c3cnn(Cc4ccccn4)c3)nc(Nc3ccc(C4CCNCC4)cc3)c21. The molecule has 5 heterocycles. The van der Waals surface area contributed by atoms with E-state index in [1.54, 1.807) is 6.20 Å². The number of aldehydes is 1. The number of aromatic nitrogens is 4. The number of hydrogen-bond acceptors (Lipinski definition) is 7. The molecule has 3 N–H and O–H groups in total. The average molecular weight is 492 g/mol. The van der Waals surface area contributed by atoms with Crippen molar-refractivity contribution >= 4 is 23.9 Å². The molecule has 4 aromatic rings. The van der Waals surface area contributed by atoms with Gasteiger partial charge in [0, 0.05) is 29.2 Å². The van der Waals surface area contributed by atoms with Gasteiger partial charge in [0.1, 0.15) is 18.1 Å². The summed E-state index contributed by atoms with van der Waals surface area (Å²) in [6.45, 7) is 2.72. The van der Waals surface area contributed by atoms with Gasteiger partial charge in [-0.1, -0.05) is 18.2 Å². The molecule has 0 saturated carbocycles. The van der Waals surface area contributed by atoms with E-state index in [1.807, 2.05) is 53.6 Å². The van der Waals surface area contributed by atoms with Crippen molar-refractivity contribution in [3.8, 4) is 11.3 Å². The standard InChI is InChI=1S/C29H29N7O/c37-19-27-28-22(10-14-32-27)15-26(23-16-33-36(17-23)18-25-3-1-2-11-31-25)35-29(28)34-24-6-4-20(5-7-24)21-8-12-30-13-9-21/h1-7,10-11,14-17,19,21,27,30,32H,8-9,12-13,18H2,(H,34,35). The highest BCUT2D eigenvalue weighted by Gasteiger charge is 2.23. The summed E-state index contributed by atoms with van der Waals surface area (Å²) in [6, 6.07) is 16.0. The minimum atomic E-state index is -0.468. The second-order valence-electron chi connectivity index (χ2n) is 9.49. The van der Waals surface area contributed by atoms with Crippen LogP contribution >= 0.6 is 0 Å². The molecule has 1 atom stereocenters. The number of carbonyl (C=O) groups is 1. The normalized spacial score (nSPS) is 17.1. The third-order valence-corrected chi connectivity index (χ3v) is 7.04. The quantitative estimate of drug-likeness (QED) is 0.330. The lowest BCUT2D eigenvalue weighted by Gasteiger charge is -2.24. The molecule has 2 aliphatic rings. The van der Waals surface area contributed by atoms with Crippen molar-refractivity contribution in [2.45, 2.75) is 31.3 Å². The molecule has 2 aliphatic heterocycles. The Labute approximate surface area is 215 Å². The van der Waals surface area contributed by atoms with Gasteiger partial charge in [0.15, 0.2) is 0 Å². The van der Waals surface area contributed by atoms with Crippen LogP contribution in [0.2, 0.25) is 0 Å². The summed E-state index contributed by atoms with van der Waals surface area (Å²) in [6.07, 6.45) is 12.6. The van der Waals surface area contributed by atoms with E-state index in [4.69, 9.17) is 4.98 Å². The van der Waals surface area contributed by atoms with Crippen LogP contribution < -0.4 is 16.0 Å². The number of benzene rings is 1. The summed E-state index contributed by atoms with van der Waals surface area (Å²) in [5.41, 5.74) is 6.72. The molecule has 6 rings (SSSR count). The second-order valence-corrected chi connectivity index (χ2v) is 9.49. The molecule has 0 bridgehead atoms. The minimum Gasteiger partial charge on any atom is -0.378 e. The molecule has 1 unspecified atom stereocenters. The van der Waals surface area contributed by atoms with Crippen LogP contribution in [0.3, 0.4) is 0 Å². The molecule has 186 valence electrons. The molecular weight excluding hydrogens is 462 g/mol. The summed E-state index contributed by atoms with van der Waals surface area (Å²) in [4.78, 5) is 21.3. The first-order valence-electron chi connectivity index (χ1n) is 12.7. The Bertz CT molecular complexity index is 1410. The summed E-state index contributed by atoms with van der Waals surface area (Å²) in [5, 5.41) is 14.6. The number of nitrogens with zero attached hydrogens (tertiary/aromatic N) is 4. The number of piperidine rings is 1. The van der Waals surface area contributed by atoms with Crippen LogP contribution in [0.15, 0.2) is 73.3 Å². The van der Waals surface area contributed by atoms with Crippen molar-refractivity contribution < 1.29 is 4.79 Å². The van der Waals surface area contributed by atoms with Crippen LogP contribution in [0.1, 0.15) is 47.2 Å². The van der Waals surface area contributed by atoms with Gasteiger partial charge in [-0.15, -0.1) is 0 Å². The first-order chi connectivity index (χ1) is 18.3. The topological polar surface area (TPSA) is 96.8 Å². The number of hydrogen-bond donors (Lipinski definition) is 3. The highest BCUT2D eigenvalue weighted by Crippen LogP contribution is 2.34. The fraction of sp³-hybridized carbons (Fsp3) is 0.241. The smallest absolute Gasteiger partial charge is 0.146 e. The monoisotopic (exact) mass is 491 g/mol. The van der Waals surface area contributed by atoms with Crippen molar-refractivity contribution in [1.29, 1.82) is 0 Å². The summed E-state index contributed by atoms with van der Waals surface area (Å²) in [7, 11) is 0. The highest BCUT2D eigenvalue weighted by molar-refractivity contribution is 5.79. The summed E-state index contributed by atoms with van der Waals surface area (Å²) >= 11 is 0. The van der Waals surface area contributed by atoms with E-state index in [-0.39, 0.29) is 0 Å². The Hall–Kier alpha value is -4.30. The van der Waals surface area contributed by atoms with E-state index >= 15 is 0 Å². The second kappa shape index (κ2) is 10.4. The minimum absolute atomic E-state index is 0.468. The maximum atomic E-state index is 11.9. The van der Waals surface area contributed by atoms with Gasteiger partial charge in [0.05, 0.1) is 24.1 Å². The highest BCUT2D eigenvalue weighted by atomic mass is 16.1. The predicted molar refractivity (Wildman–Crippen MR) is 144 cm³/mol. The number of anilines is 2. The van der Waals surface area contributed by atoms with Crippen LogP contribution in [0, 0.1) is 0 Å². The lowest BCUT2D eigenvalue weighted by molar-refractivity contribution is -0.109. The first-order valence-corrected chi connectivity index (χ1v) is 12.7. The number of nitrogens with one attached hydrogen (secondary N) is 3. The van der Waals surface area contributed by atoms with Gasteiger partial charge in [0.2, 0.25) is 0 Å². The van der Waals surface area contributed by atoms with Crippen molar-refractivity contribution in [3.63, 3.8) is 0 Å². The van der Waals surface area contributed by atoms with Gasteiger partial charge in [-0.25, -0.2) is 4.98 Å². The molecule has 8 heteroatoms. The molecule has 0 radical (unpaired) electrons. The maximum absolute atomic E-state index is 11.9. The Morgan fingerprint density at radius 3 is 2.76 bits per heavy atom. The third-order valence-electron chi connectivity index (χ3n) is 7.04. The molecule has 0 aliphatic carbocycles. The fourth-order valence-corrected chi connectivity index (χ4v) is 5.09. The zero-order chi connectivity index (χ0) is 25.0. The van der Waals surface area contributed by atoms with Gasteiger partial charge in [0.25, 0.3) is 0 Å². The van der Waals surface area contributed by atoms with Gasteiger partial charge >= 0.3 is 0 Å². The van der Waals surface area contributed by atoms with Gasteiger partial charge in [-0.05, 0) is 85.6 Å². The van der Waals surface area contributed by atoms with E-state index in [9.17, 15) is 4.79 Å². The Kier molecular flexibility index (Phi) is 6.47. The molecule has 0 spiro atoms. The van der Waals surface area contributed by atoms with Gasteiger partial charge < -0.3 is 20.7 Å². The lowest BCUT2D eigenvalue weighted by Crippen LogP contribution is -2.26. The first kappa shape index (κ1) is 23.1. The Balaban J connectivity index is 1.31. The largest absolute Gasteiger partial charge is 0.378 e. The summed E-state index contributed by atoms with van der Waals surface area (Å²) in [5.74, 6) is 1.26. The Morgan fingerprint density at radius 1 is 1.11 bits per heavy atom. The van der Waals surface area contributed by atoms with Crippen LogP contribution in [0.25, 0.3) is 17.3 Å². The zero-order valence-electron chi connectivity index (χ0n) is 20.5. The molecule has 3 aromatic heterocycles. The van der Waals surface area contributed by atoms with E-state index in [0.717, 1.165) is 66.0 Å². The molecule has 0 amide bonds. The number of rotatable bonds is 7. The molecule has 8 nitrogen and oxygen atoms in total. The molecular formula is C29H29N7O. The van der Waals surface area contributed by atoms with E-state index in [1.165, 1.54) is 5.56 Å². The van der Waals surface area contributed by atoms with Crippen LogP contribution in [0.4, 0.5) is 11.5 Å². The van der Waals surface area contributed by atoms with Gasteiger partial charge in [-0.3, -0.25) is 9.67 Å². The van der Waals surface area contributed by atoms with Crippen molar-refractivity contribution in [2.75, 3.05) is 18.4 Å². The van der Waals surface area contributed by atoms with Crippen molar-refractivity contribution in [3.05, 3.63) is 95.7 Å². The van der Waals surface area contributed by atoms with E-state index in [2.05, 4.69) is 50.3 Å². The molecule has 37 heavy (non-hydrogen) atoms. The summed E-state index contributed by atoms with van der Waals surface area (Å²) < 4.78 is 1.86. The third kappa shape index (κ3) is 5.01. The van der Waals surface area contributed by atoms with Gasteiger partial charge in [-0.2, -0.15) is 5.10 Å². The average Bonchev–Trinajstić information content (AvgIpc) is 3.42. The molecule has 1 fully saturated rings. The number of carbonyl (C=O) groups excluding carboxylic acids is 1. The van der Waals surface area contributed by atoms with E-state index in [0.29, 0.717) is 18.3 Å². The fourth-order valence-electron chi connectivity index (χ4n) is 5.09. The zero-order valence-corrected chi connectivity index (χ0v) is 20.5. The van der Waals surface area contributed by atoms with Crippen LogP contribution in [-0.4, -0.2) is 39.1 Å². The molecule has 1 saturated heterocycles.